The molecular formula is C40H68O22. The average Bonchev–Trinajstić information content (AvgIpc) is 3.28. The van der Waals surface area contributed by atoms with E-state index in [9.17, 15) is 61.3 Å². The molecule has 0 unspecified atom stereocenters. The summed E-state index contributed by atoms with van der Waals surface area (Å²) in [7, 11) is 0. The van der Waals surface area contributed by atoms with E-state index in [2.05, 4.69) is 0 Å². The monoisotopic (exact) mass is 900 g/mol. The summed E-state index contributed by atoms with van der Waals surface area (Å²) in [4.78, 5) is 0. The van der Waals surface area contributed by atoms with Crippen molar-refractivity contribution in [2.75, 3.05) is 85.9 Å². The first-order valence-corrected chi connectivity index (χ1v) is 21.0. The number of hydrogen-bond donors (Lipinski definition) is 12. The maximum absolute atomic E-state index is 10.3. The maximum atomic E-state index is 10.3. The van der Waals surface area contributed by atoms with Gasteiger partial charge in [-0.2, -0.15) is 0 Å². The van der Waals surface area contributed by atoms with Gasteiger partial charge in [0.15, 0.2) is 18.9 Å². The number of ether oxygens (including phenoxy) is 10. The van der Waals surface area contributed by atoms with Crippen LogP contribution in [0.2, 0.25) is 0 Å². The minimum Gasteiger partial charge on any atom is -0.394 e. The van der Waals surface area contributed by atoms with E-state index < -0.39 is 118 Å². The first-order valence-electron chi connectivity index (χ1n) is 21.0. The predicted octanol–water partition coefficient (Wildman–Crippen LogP) is -4.96. The number of aliphatic hydroxyl groups is 12. The van der Waals surface area contributed by atoms with Gasteiger partial charge in [-0.1, -0.05) is 30.3 Å². The van der Waals surface area contributed by atoms with Crippen LogP contribution in [0.3, 0.4) is 0 Å². The van der Waals surface area contributed by atoms with Crippen molar-refractivity contribution in [3.8, 4) is 0 Å². The van der Waals surface area contributed by atoms with Crippen LogP contribution in [0.5, 0.6) is 0 Å². The van der Waals surface area contributed by atoms with Gasteiger partial charge >= 0.3 is 0 Å². The molecule has 3 aliphatic heterocycles. The Hall–Kier alpha value is -1.66. The molecule has 62 heavy (non-hydrogen) atoms. The summed E-state index contributed by atoms with van der Waals surface area (Å²) in [6, 6.07) is 9.83. The SMILES string of the molecule is OC[C@H]1O[C@H](OCCCOCC(COCCCO[C@H]2O[C@H](CO)[C@@H](O)[C@H](O)[C@@H]2O)(COCCCO[C@H]2O[C@H](CO)[C@@H](O)[C@H](O)[C@@H]2O)OCCCc2ccccc2)[C@@H](O)[C@@H](O)[C@@H]1O. The van der Waals surface area contributed by atoms with Crippen LogP contribution in [-0.4, -0.2) is 245 Å². The Morgan fingerprint density at radius 3 is 1.11 bits per heavy atom. The molecule has 12 N–H and O–H groups in total. The summed E-state index contributed by atoms with van der Waals surface area (Å²) in [5.41, 5.74) is -0.0610. The van der Waals surface area contributed by atoms with Gasteiger partial charge in [0.1, 0.15) is 78.8 Å². The molecule has 0 aromatic heterocycles. The van der Waals surface area contributed by atoms with Gasteiger partial charge in [0, 0.05) is 26.4 Å². The molecule has 0 spiro atoms. The van der Waals surface area contributed by atoms with E-state index in [1.165, 1.54) is 0 Å². The zero-order chi connectivity index (χ0) is 45.1. The largest absolute Gasteiger partial charge is 0.394 e. The normalized spacial score (nSPS) is 34.4. The highest BCUT2D eigenvalue weighted by atomic mass is 16.7. The van der Waals surface area contributed by atoms with Gasteiger partial charge in [-0.05, 0) is 37.7 Å². The standard InChI is InChI=1S/C40H68O22/c41-18-25-28(44)31(47)34(50)37(60-25)56-14-5-11-53-21-40(59-17-4-10-24-8-2-1-3-9-24,22-54-12-6-15-57-38-35(51)32(48)29(45)26(19-42)61-38)23-55-13-7-16-58-39-36(52)33(49)30(46)27(20-43)62-39/h1-3,8-9,25-39,41-52H,4-7,10-23H2/t25-,26-,27-,28-,29-,30-,31+,32+,33+,34+,35+,36+,37+,38+,39+/m1/s1. The Labute approximate surface area is 359 Å². The second-order valence-corrected chi connectivity index (χ2v) is 15.5. The molecule has 0 saturated carbocycles. The Kier molecular flexibility index (Phi) is 23.7. The third kappa shape index (κ3) is 15.8. The maximum Gasteiger partial charge on any atom is 0.186 e. The third-order valence-corrected chi connectivity index (χ3v) is 10.6. The molecule has 0 bridgehead atoms. The molecule has 22 nitrogen and oxygen atoms in total. The quantitative estimate of drug-likeness (QED) is 0.0335. The van der Waals surface area contributed by atoms with Gasteiger partial charge in [-0.15, -0.1) is 0 Å². The summed E-state index contributed by atoms with van der Waals surface area (Å²) < 4.78 is 57.6. The van der Waals surface area contributed by atoms with Gasteiger partial charge in [0.05, 0.1) is 59.5 Å². The van der Waals surface area contributed by atoms with Crippen LogP contribution in [0.1, 0.15) is 31.2 Å². The summed E-state index contributed by atoms with van der Waals surface area (Å²) in [5.74, 6) is 0. The van der Waals surface area contributed by atoms with Gasteiger partial charge in [0.25, 0.3) is 0 Å². The lowest BCUT2D eigenvalue weighted by Crippen LogP contribution is -2.59. The molecule has 15 atom stereocenters. The molecule has 1 aromatic rings. The van der Waals surface area contributed by atoms with Gasteiger partial charge in [-0.25, -0.2) is 0 Å². The van der Waals surface area contributed by atoms with Crippen molar-refractivity contribution in [3.63, 3.8) is 0 Å². The fourth-order valence-corrected chi connectivity index (χ4v) is 6.93. The third-order valence-electron chi connectivity index (χ3n) is 10.6. The lowest BCUT2D eigenvalue weighted by molar-refractivity contribution is -0.301. The van der Waals surface area contributed by atoms with E-state index in [4.69, 9.17) is 47.4 Å². The van der Waals surface area contributed by atoms with Crippen LogP contribution < -0.4 is 0 Å². The second-order valence-electron chi connectivity index (χ2n) is 15.5. The number of hydrogen-bond acceptors (Lipinski definition) is 22. The number of rotatable bonds is 29. The molecule has 0 aliphatic carbocycles. The highest BCUT2D eigenvalue weighted by molar-refractivity contribution is 5.14. The fraction of sp³-hybridized carbons (Fsp3) is 0.850. The average molecular weight is 901 g/mol. The van der Waals surface area contributed by atoms with Crippen molar-refractivity contribution < 1.29 is 109 Å². The molecule has 1 aromatic carbocycles. The van der Waals surface area contributed by atoms with E-state index in [1.54, 1.807) is 0 Å². The van der Waals surface area contributed by atoms with E-state index in [-0.39, 0.29) is 66.1 Å². The first-order chi connectivity index (χ1) is 29.9. The Balaban J connectivity index is 1.34. The lowest BCUT2D eigenvalue weighted by Gasteiger charge is -2.39. The van der Waals surface area contributed by atoms with Crippen molar-refractivity contribution in [2.24, 2.45) is 0 Å². The van der Waals surface area contributed by atoms with Gasteiger partial charge in [0.2, 0.25) is 0 Å². The van der Waals surface area contributed by atoms with Crippen LogP contribution >= 0.6 is 0 Å². The first kappa shape index (κ1) is 53.0. The zero-order valence-electron chi connectivity index (χ0n) is 34.7. The molecular weight excluding hydrogens is 832 g/mol. The Bertz CT molecular complexity index is 1200. The summed E-state index contributed by atoms with van der Waals surface area (Å²) in [6.45, 7) is -1.14. The molecule has 3 aliphatic rings. The summed E-state index contributed by atoms with van der Waals surface area (Å²) in [5, 5.41) is 120. The van der Waals surface area contributed by atoms with Crippen molar-refractivity contribution >= 4 is 0 Å². The van der Waals surface area contributed by atoms with E-state index in [0.29, 0.717) is 25.7 Å². The molecule has 22 heteroatoms. The zero-order valence-corrected chi connectivity index (χ0v) is 34.7. The fourth-order valence-electron chi connectivity index (χ4n) is 6.93. The molecule has 3 saturated heterocycles. The Morgan fingerprint density at radius 1 is 0.419 bits per heavy atom. The number of aryl methyl sites for hydroxylation is 1. The van der Waals surface area contributed by atoms with Crippen molar-refractivity contribution in [2.45, 2.75) is 130 Å². The highest BCUT2D eigenvalue weighted by Gasteiger charge is 2.46. The molecule has 0 radical (unpaired) electrons. The van der Waals surface area contributed by atoms with Crippen LogP contribution in [-0.2, 0) is 53.8 Å². The van der Waals surface area contributed by atoms with Crippen molar-refractivity contribution in [1.29, 1.82) is 0 Å². The lowest BCUT2D eigenvalue weighted by atomic mass is 9.99. The number of aliphatic hydroxyl groups excluding tert-OH is 12. The minimum atomic E-state index is -1.58. The number of benzene rings is 1. The molecule has 4 rings (SSSR count). The van der Waals surface area contributed by atoms with E-state index in [1.807, 2.05) is 30.3 Å². The van der Waals surface area contributed by atoms with Crippen molar-refractivity contribution in [1.82, 2.24) is 0 Å². The highest BCUT2D eigenvalue weighted by Crippen LogP contribution is 2.25. The van der Waals surface area contributed by atoms with E-state index >= 15 is 0 Å². The summed E-state index contributed by atoms with van der Waals surface area (Å²) in [6.07, 6.45) is -19.0. The Morgan fingerprint density at radius 2 is 0.774 bits per heavy atom. The molecule has 0 amide bonds. The van der Waals surface area contributed by atoms with Gasteiger partial charge in [-0.3, -0.25) is 0 Å². The van der Waals surface area contributed by atoms with Gasteiger partial charge < -0.3 is 109 Å². The van der Waals surface area contributed by atoms with Crippen LogP contribution in [0.4, 0.5) is 0 Å². The summed E-state index contributed by atoms with van der Waals surface area (Å²) >= 11 is 0. The van der Waals surface area contributed by atoms with Crippen LogP contribution in [0.25, 0.3) is 0 Å². The topological polar surface area (TPSA) is 335 Å². The van der Waals surface area contributed by atoms with Crippen LogP contribution in [0, 0.1) is 0 Å². The van der Waals surface area contributed by atoms with Crippen molar-refractivity contribution in [3.05, 3.63) is 35.9 Å². The molecule has 360 valence electrons. The van der Waals surface area contributed by atoms with Crippen LogP contribution in [0.15, 0.2) is 30.3 Å². The minimum absolute atomic E-state index is 0.0174. The molecule has 3 heterocycles. The van der Waals surface area contributed by atoms with E-state index in [0.717, 1.165) is 12.0 Å². The smallest absolute Gasteiger partial charge is 0.186 e. The second kappa shape index (κ2) is 27.7. The predicted molar refractivity (Wildman–Crippen MR) is 209 cm³/mol. The molecule has 3 fully saturated rings.